The Morgan fingerprint density at radius 1 is 1.16 bits per heavy atom. The van der Waals surface area contributed by atoms with Gasteiger partial charge in [-0.05, 0) is 38.5 Å². The third-order valence-corrected chi connectivity index (χ3v) is 4.88. The van der Waals surface area contributed by atoms with Gasteiger partial charge in [-0.3, -0.25) is 0 Å². The van der Waals surface area contributed by atoms with Crippen molar-refractivity contribution in [2.75, 3.05) is 6.61 Å². The molecule has 2 atom stereocenters. The number of nitrogens with one attached hydrogen (secondary N) is 1. The molecule has 0 bridgehead atoms. The SMILES string of the molecule is C/C=C(\C(=O)OCC)[C@H](NS(=O)c1ccc(C)cc1)c1ccccc1. The van der Waals surface area contributed by atoms with Gasteiger partial charge in [0.1, 0.15) is 11.0 Å². The molecule has 0 spiro atoms. The van der Waals surface area contributed by atoms with Crippen molar-refractivity contribution >= 4 is 17.0 Å². The number of carbonyl (C=O) groups excluding carboxylic acids is 1. The molecule has 2 aromatic carbocycles. The summed E-state index contributed by atoms with van der Waals surface area (Å²) in [5, 5.41) is 0. The van der Waals surface area contributed by atoms with Crippen LogP contribution in [-0.2, 0) is 20.5 Å². The van der Waals surface area contributed by atoms with Crippen LogP contribution in [0, 0.1) is 6.92 Å². The summed E-state index contributed by atoms with van der Waals surface area (Å²) in [5.41, 5.74) is 2.39. The van der Waals surface area contributed by atoms with Gasteiger partial charge in [-0.15, -0.1) is 0 Å². The molecule has 0 aromatic heterocycles. The number of hydrogen-bond donors (Lipinski definition) is 1. The second-order valence-corrected chi connectivity index (χ2v) is 6.75. The average Bonchev–Trinajstić information content (AvgIpc) is 2.63. The van der Waals surface area contributed by atoms with Gasteiger partial charge in [0.15, 0.2) is 0 Å². The number of carbonyl (C=O) groups is 1. The number of benzene rings is 2. The topological polar surface area (TPSA) is 55.4 Å². The first-order valence-corrected chi connectivity index (χ1v) is 9.34. The second-order valence-electron chi connectivity index (χ2n) is 5.51. The van der Waals surface area contributed by atoms with Crippen LogP contribution in [0.2, 0.25) is 0 Å². The zero-order valence-electron chi connectivity index (χ0n) is 14.7. The van der Waals surface area contributed by atoms with E-state index in [0.29, 0.717) is 17.1 Å². The second kappa shape index (κ2) is 9.30. The Hall–Kier alpha value is -2.24. The zero-order chi connectivity index (χ0) is 18.2. The maximum absolute atomic E-state index is 12.8. The van der Waals surface area contributed by atoms with Crippen molar-refractivity contribution in [1.29, 1.82) is 0 Å². The lowest BCUT2D eigenvalue weighted by atomic mass is 9.99. The van der Waals surface area contributed by atoms with Crippen molar-refractivity contribution in [1.82, 2.24) is 4.72 Å². The molecule has 25 heavy (non-hydrogen) atoms. The summed E-state index contributed by atoms with van der Waals surface area (Å²) in [5.74, 6) is -0.410. The molecule has 0 aliphatic rings. The predicted molar refractivity (Wildman–Crippen MR) is 100 cm³/mol. The van der Waals surface area contributed by atoms with Gasteiger partial charge >= 0.3 is 5.97 Å². The highest BCUT2D eigenvalue weighted by Crippen LogP contribution is 2.24. The molecule has 2 rings (SSSR count). The minimum Gasteiger partial charge on any atom is -0.463 e. The van der Waals surface area contributed by atoms with E-state index in [1.54, 1.807) is 19.9 Å². The molecular formula is C20H23NO3S. The molecule has 4 nitrogen and oxygen atoms in total. The van der Waals surface area contributed by atoms with E-state index in [0.717, 1.165) is 11.1 Å². The van der Waals surface area contributed by atoms with Crippen molar-refractivity contribution in [3.63, 3.8) is 0 Å². The highest BCUT2D eigenvalue weighted by atomic mass is 32.2. The van der Waals surface area contributed by atoms with E-state index < -0.39 is 23.0 Å². The van der Waals surface area contributed by atoms with Crippen LogP contribution >= 0.6 is 0 Å². The van der Waals surface area contributed by atoms with Crippen molar-refractivity contribution in [2.24, 2.45) is 0 Å². The summed E-state index contributed by atoms with van der Waals surface area (Å²) in [6.07, 6.45) is 1.70. The molecule has 2 aromatic rings. The van der Waals surface area contributed by atoms with Gasteiger partial charge in [0.05, 0.1) is 23.1 Å². The van der Waals surface area contributed by atoms with Crippen molar-refractivity contribution < 1.29 is 13.7 Å². The van der Waals surface area contributed by atoms with Crippen LogP contribution in [-0.4, -0.2) is 16.8 Å². The summed E-state index contributed by atoms with van der Waals surface area (Å²) in [4.78, 5) is 13.0. The monoisotopic (exact) mass is 357 g/mol. The van der Waals surface area contributed by atoms with Crippen LogP contribution in [0.15, 0.2) is 71.1 Å². The number of allylic oxidation sites excluding steroid dienone is 1. The Morgan fingerprint density at radius 2 is 1.80 bits per heavy atom. The van der Waals surface area contributed by atoms with Gasteiger partial charge in [0, 0.05) is 0 Å². The van der Waals surface area contributed by atoms with Gasteiger partial charge in [-0.2, -0.15) is 0 Å². The van der Waals surface area contributed by atoms with E-state index in [4.69, 9.17) is 4.74 Å². The Labute approximate surface area is 151 Å². The van der Waals surface area contributed by atoms with Crippen molar-refractivity contribution in [3.8, 4) is 0 Å². The van der Waals surface area contributed by atoms with E-state index >= 15 is 0 Å². The number of hydrogen-bond acceptors (Lipinski definition) is 3. The standard InChI is InChI=1S/C20H23NO3S/c1-4-18(20(22)24-5-2)19(16-9-7-6-8-10-16)21-25(23)17-13-11-15(3)12-14-17/h4,6-14,19,21H,5H2,1-3H3/b18-4-/t19-,25?/m1/s1. The Bertz CT molecular complexity index is 754. The van der Waals surface area contributed by atoms with Crippen LogP contribution in [0.1, 0.15) is 31.0 Å². The first-order chi connectivity index (χ1) is 12.1. The zero-order valence-corrected chi connectivity index (χ0v) is 15.5. The van der Waals surface area contributed by atoms with E-state index in [-0.39, 0.29) is 0 Å². The molecule has 0 radical (unpaired) electrons. The van der Waals surface area contributed by atoms with E-state index in [1.165, 1.54) is 0 Å². The normalized spacial score (nSPS) is 14.0. The highest BCUT2D eigenvalue weighted by Gasteiger charge is 2.25. The van der Waals surface area contributed by atoms with E-state index in [2.05, 4.69) is 4.72 Å². The fourth-order valence-electron chi connectivity index (χ4n) is 2.41. The molecule has 132 valence electrons. The summed E-state index contributed by atoms with van der Waals surface area (Å²) in [6.45, 7) is 5.81. The molecule has 5 heteroatoms. The summed E-state index contributed by atoms with van der Waals surface area (Å²) >= 11 is 0. The van der Waals surface area contributed by atoms with Gasteiger partial charge in [-0.1, -0.05) is 54.1 Å². The highest BCUT2D eigenvalue weighted by molar-refractivity contribution is 7.83. The maximum atomic E-state index is 12.8. The molecule has 0 fully saturated rings. The lowest BCUT2D eigenvalue weighted by molar-refractivity contribution is -0.138. The molecule has 0 amide bonds. The first-order valence-electron chi connectivity index (χ1n) is 8.19. The minimum absolute atomic E-state index is 0.290. The fourth-order valence-corrected chi connectivity index (χ4v) is 3.41. The quantitative estimate of drug-likeness (QED) is 0.605. The smallest absolute Gasteiger partial charge is 0.335 e. The Kier molecular flexibility index (Phi) is 7.10. The van der Waals surface area contributed by atoms with Crippen molar-refractivity contribution in [2.45, 2.75) is 31.7 Å². The maximum Gasteiger partial charge on any atom is 0.335 e. The molecular weight excluding hydrogens is 334 g/mol. The number of rotatable bonds is 7. The van der Waals surface area contributed by atoms with Crippen LogP contribution in [0.3, 0.4) is 0 Å². The number of esters is 1. The van der Waals surface area contributed by atoms with Gasteiger partial charge in [-0.25, -0.2) is 13.7 Å². The third kappa shape index (κ3) is 5.11. The van der Waals surface area contributed by atoms with Crippen LogP contribution in [0.5, 0.6) is 0 Å². The van der Waals surface area contributed by atoms with Crippen molar-refractivity contribution in [3.05, 3.63) is 77.4 Å². The molecule has 0 saturated carbocycles. The number of ether oxygens (including phenoxy) is 1. The Balaban J connectivity index is 2.33. The molecule has 0 aliphatic carbocycles. The lowest BCUT2D eigenvalue weighted by Gasteiger charge is -2.21. The van der Waals surface area contributed by atoms with E-state index in [9.17, 15) is 9.00 Å². The van der Waals surface area contributed by atoms with Crippen LogP contribution < -0.4 is 4.72 Å². The summed E-state index contributed by atoms with van der Waals surface area (Å²) < 4.78 is 21.0. The molecule has 1 N–H and O–H groups in total. The van der Waals surface area contributed by atoms with E-state index in [1.807, 2.05) is 61.5 Å². The minimum atomic E-state index is -1.46. The first kappa shape index (κ1) is 19.1. The number of aryl methyl sites for hydroxylation is 1. The average molecular weight is 357 g/mol. The van der Waals surface area contributed by atoms with Crippen LogP contribution in [0.4, 0.5) is 0 Å². The van der Waals surface area contributed by atoms with Crippen LogP contribution in [0.25, 0.3) is 0 Å². The molecule has 0 aliphatic heterocycles. The molecule has 0 saturated heterocycles. The summed E-state index contributed by atoms with van der Waals surface area (Å²) in [6, 6.07) is 16.4. The lowest BCUT2D eigenvalue weighted by Crippen LogP contribution is -2.29. The van der Waals surface area contributed by atoms with Gasteiger partial charge < -0.3 is 4.74 Å². The largest absolute Gasteiger partial charge is 0.463 e. The third-order valence-electron chi connectivity index (χ3n) is 3.73. The molecule has 0 heterocycles. The predicted octanol–water partition coefficient (Wildman–Crippen LogP) is 3.86. The Morgan fingerprint density at radius 3 is 2.36 bits per heavy atom. The van der Waals surface area contributed by atoms with Gasteiger partial charge in [0.2, 0.25) is 0 Å². The fraction of sp³-hybridized carbons (Fsp3) is 0.250. The summed E-state index contributed by atoms with van der Waals surface area (Å²) in [7, 11) is -1.46. The van der Waals surface area contributed by atoms with Gasteiger partial charge in [0.25, 0.3) is 0 Å². The molecule has 1 unspecified atom stereocenters.